The summed E-state index contributed by atoms with van der Waals surface area (Å²) in [6, 6.07) is 18.1. The average molecular weight is 484 g/mol. The van der Waals surface area contributed by atoms with E-state index in [9.17, 15) is 14.7 Å². The predicted octanol–water partition coefficient (Wildman–Crippen LogP) is 6.10. The Morgan fingerprint density at radius 1 is 0.971 bits per heavy atom. The van der Waals surface area contributed by atoms with Crippen molar-refractivity contribution in [3.8, 4) is 11.5 Å². The van der Waals surface area contributed by atoms with Crippen molar-refractivity contribution in [1.82, 2.24) is 5.32 Å². The number of amides is 1. The van der Waals surface area contributed by atoms with Crippen LogP contribution in [-0.2, 0) is 4.79 Å². The number of carbonyl (C=O) groups excluding carboxylic acids is 1. The number of ether oxygens (including phenoxy) is 2. The molecule has 1 atom stereocenters. The zero-order valence-corrected chi connectivity index (χ0v) is 20.2. The molecule has 0 spiro atoms. The largest absolute Gasteiger partial charge is 0.490 e. The van der Waals surface area contributed by atoms with Crippen LogP contribution in [0.1, 0.15) is 49.9 Å². The SMILES string of the molecule is CCCCC(CC)(NC(=O)c1ccc2ccccc2c1OCCOc1ccc(Cl)cc1)C(=O)O. The third-order valence-electron chi connectivity index (χ3n) is 5.86. The van der Waals surface area contributed by atoms with Gasteiger partial charge in [-0.15, -0.1) is 0 Å². The molecule has 3 aromatic carbocycles. The molecule has 7 heteroatoms. The lowest BCUT2D eigenvalue weighted by Gasteiger charge is -2.30. The second kappa shape index (κ2) is 11.7. The van der Waals surface area contributed by atoms with E-state index in [0.717, 1.165) is 17.2 Å². The lowest BCUT2D eigenvalue weighted by molar-refractivity contribution is -0.145. The summed E-state index contributed by atoms with van der Waals surface area (Å²) in [5.74, 6) is -0.439. The summed E-state index contributed by atoms with van der Waals surface area (Å²) in [6.45, 7) is 4.22. The minimum Gasteiger partial charge on any atom is -0.490 e. The number of hydrogen-bond acceptors (Lipinski definition) is 4. The lowest BCUT2D eigenvalue weighted by atomic mass is 9.89. The molecule has 2 N–H and O–H groups in total. The zero-order chi connectivity index (χ0) is 24.6. The van der Waals surface area contributed by atoms with Gasteiger partial charge in [0.2, 0.25) is 0 Å². The van der Waals surface area contributed by atoms with Gasteiger partial charge in [0.05, 0.1) is 5.56 Å². The fourth-order valence-corrected chi connectivity index (χ4v) is 3.94. The summed E-state index contributed by atoms with van der Waals surface area (Å²) in [5, 5.41) is 15.0. The molecule has 0 saturated carbocycles. The van der Waals surface area contributed by atoms with Crippen LogP contribution in [-0.4, -0.2) is 35.7 Å². The highest BCUT2D eigenvalue weighted by atomic mass is 35.5. The molecule has 1 unspecified atom stereocenters. The van der Waals surface area contributed by atoms with E-state index in [1.54, 1.807) is 37.3 Å². The molecule has 0 heterocycles. The zero-order valence-electron chi connectivity index (χ0n) is 19.5. The van der Waals surface area contributed by atoms with Crippen LogP contribution in [0.4, 0.5) is 0 Å². The standard InChI is InChI=1S/C27H30ClNO5/c1-3-5-16-27(4-2,26(31)32)29-25(30)23-15-10-19-8-6-7-9-22(19)24(23)34-18-17-33-21-13-11-20(28)12-14-21/h6-15H,3-5,16-18H2,1-2H3,(H,29,30)(H,31,32). The summed E-state index contributed by atoms with van der Waals surface area (Å²) >= 11 is 5.90. The monoisotopic (exact) mass is 483 g/mol. The molecule has 3 aromatic rings. The molecular weight excluding hydrogens is 454 g/mol. The summed E-state index contributed by atoms with van der Waals surface area (Å²) in [4.78, 5) is 25.5. The number of carbonyl (C=O) groups is 2. The van der Waals surface area contributed by atoms with Crippen molar-refractivity contribution < 1.29 is 24.2 Å². The van der Waals surface area contributed by atoms with Crippen LogP contribution in [0.3, 0.4) is 0 Å². The van der Waals surface area contributed by atoms with E-state index in [2.05, 4.69) is 5.32 Å². The maximum absolute atomic E-state index is 13.3. The Morgan fingerprint density at radius 3 is 2.35 bits per heavy atom. The highest BCUT2D eigenvalue weighted by Gasteiger charge is 2.38. The van der Waals surface area contributed by atoms with Gasteiger partial charge < -0.3 is 19.9 Å². The molecule has 3 rings (SSSR count). The fourth-order valence-electron chi connectivity index (χ4n) is 3.81. The maximum Gasteiger partial charge on any atom is 0.329 e. The van der Waals surface area contributed by atoms with Gasteiger partial charge in [-0.05, 0) is 48.6 Å². The van der Waals surface area contributed by atoms with Gasteiger partial charge in [0.1, 0.15) is 30.3 Å². The Bertz CT molecular complexity index is 1130. The maximum atomic E-state index is 13.3. The summed E-state index contributed by atoms with van der Waals surface area (Å²) in [7, 11) is 0. The van der Waals surface area contributed by atoms with Gasteiger partial charge in [0, 0.05) is 10.4 Å². The molecule has 0 aliphatic rings. The number of hydrogen-bond donors (Lipinski definition) is 2. The van der Waals surface area contributed by atoms with Gasteiger partial charge in [-0.25, -0.2) is 4.79 Å². The number of nitrogens with one attached hydrogen (secondary N) is 1. The first-order chi connectivity index (χ1) is 16.4. The molecule has 0 saturated heterocycles. The van der Waals surface area contributed by atoms with Gasteiger partial charge in [-0.3, -0.25) is 4.79 Å². The van der Waals surface area contributed by atoms with E-state index in [1.165, 1.54) is 0 Å². The molecule has 0 radical (unpaired) electrons. The van der Waals surface area contributed by atoms with Crippen LogP contribution < -0.4 is 14.8 Å². The van der Waals surface area contributed by atoms with Crippen molar-refractivity contribution in [2.75, 3.05) is 13.2 Å². The van der Waals surface area contributed by atoms with Gasteiger partial charge in [-0.1, -0.05) is 68.6 Å². The number of carboxylic acid groups (broad SMARTS) is 1. The van der Waals surface area contributed by atoms with Gasteiger partial charge in [0.25, 0.3) is 5.91 Å². The second-order valence-electron chi connectivity index (χ2n) is 8.11. The number of rotatable bonds is 12. The molecule has 0 aliphatic carbocycles. The summed E-state index contributed by atoms with van der Waals surface area (Å²) < 4.78 is 11.8. The predicted molar refractivity (Wildman–Crippen MR) is 134 cm³/mol. The molecule has 0 aromatic heterocycles. The van der Waals surface area contributed by atoms with Gasteiger partial charge >= 0.3 is 5.97 Å². The topological polar surface area (TPSA) is 84.9 Å². The van der Waals surface area contributed by atoms with E-state index >= 15 is 0 Å². The van der Waals surface area contributed by atoms with E-state index in [-0.39, 0.29) is 19.6 Å². The minimum absolute atomic E-state index is 0.199. The van der Waals surface area contributed by atoms with Crippen molar-refractivity contribution in [1.29, 1.82) is 0 Å². The Labute approximate surface area is 204 Å². The van der Waals surface area contributed by atoms with Crippen LogP contribution in [0.25, 0.3) is 10.8 Å². The Balaban J connectivity index is 1.83. The van der Waals surface area contributed by atoms with Gasteiger partial charge in [-0.2, -0.15) is 0 Å². The molecule has 34 heavy (non-hydrogen) atoms. The lowest BCUT2D eigenvalue weighted by Crippen LogP contribution is -2.54. The van der Waals surface area contributed by atoms with Crippen LogP contribution in [0.2, 0.25) is 5.02 Å². The molecule has 1 amide bonds. The quantitative estimate of drug-likeness (QED) is 0.304. The van der Waals surface area contributed by atoms with Crippen LogP contribution in [0.5, 0.6) is 11.5 Å². The minimum atomic E-state index is -1.33. The smallest absolute Gasteiger partial charge is 0.329 e. The highest BCUT2D eigenvalue weighted by Crippen LogP contribution is 2.31. The first kappa shape index (κ1) is 25.4. The number of aliphatic carboxylic acids is 1. The molecule has 0 bridgehead atoms. The number of fused-ring (bicyclic) bond motifs is 1. The molecule has 0 aliphatic heterocycles. The normalized spacial score (nSPS) is 12.7. The van der Waals surface area contributed by atoms with E-state index in [1.807, 2.05) is 37.3 Å². The molecule has 0 fully saturated rings. The Hall–Kier alpha value is -3.25. The first-order valence-corrected chi connectivity index (χ1v) is 11.9. The molecule has 6 nitrogen and oxygen atoms in total. The van der Waals surface area contributed by atoms with Crippen molar-refractivity contribution in [2.45, 2.75) is 45.1 Å². The van der Waals surface area contributed by atoms with Crippen molar-refractivity contribution in [3.63, 3.8) is 0 Å². The third-order valence-corrected chi connectivity index (χ3v) is 6.11. The van der Waals surface area contributed by atoms with Crippen molar-refractivity contribution in [3.05, 3.63) is 71.2 Å². The summed E-state index contributed by atoms with van der Waals surface area (Å²) in [5.41, 5.74) is -1.03. The van der Waals surface area contributed by atoms with Gasteiger partial charge in [0.15, 0.2) is 0 Å². The number of halogens is 1. The van der Waals surface area contributed by atoms with E-state index < -0.39 is 17.4 Å². The Kier molecular flexibility index (Phi) is 8.77. The van der Waals surface area contributed by atoms with Crippen LogP contribution in [0, 0.1) is 0 Å². The van der Waals surface area contributed by atoms with E-state index in [4.69, 9.17) is 21.1 Å². The summed E-state index contributed by atoms with van der Waals surface area (Å²) in [6.07, 6.45) is 2.18. The van der Waals surface area contributed by atoms with E-state index in [0.29, 0.717) is 34.9 Å². The molecular formula is C27H30ClNO5. The number of carboxylic acids is 1. The van der Waals surface area contributed by atoms with Crippen molar-refractivity contribution >= 4 is 34.2 Å². The van der Waals surface area contributed by atoms with Crippen LogP contribution >= 0.6 is 11.6 Å². The number of benzene rings is 3. The average Bonchev–Trinajstić information content (AvgIpc) is 2.85. The Morgan fingerprint density at radius 2 is 1.68 bits per heavy atom. The number of unbranched alkanes of at least 4 members (excludes halogenated alkanes) is 1. The highest BCUT2D eigenvalue weighted by molar-refractivity contribution is 6.30. The first-order valence-electron chi connectivity index (χ1n) is 11.5. The van der Waals surface area contributed by atoms with Crippen LogP contribution in [0.15, 0.2) is 60.7 Å². The second-order valence-corrected chi connectivity index (χ2v) is 8.55. The van der Waals surface area contributed by atoms with Crippen molar-refractivity contribution in [2.24, 2.45) is 0 Å². The fraction of sp³-hybridized carbons (Fsp3) is 0.333. The molecule has 180 valence electrons. The third kappa shape index (κ3) is 6.00.